The second-order valence-corrected chi connectivity index (χ2v) is 5.32. The molecule has 100 valence electrons. The molecule has 1 aliphatic heterocycles. The Morgan fingerprint density at radius 2 is 2.33 bits per heavy atom. The van der Waals surface area contributed by atoms with Crippen molar-refractivity contribution in [2.24, 2.45) is 0 Å². The highest BCUT2D eigenvalue weighted by molar-refractivity contribution is 5.67. The number of carbonyl (C=O) groups excluding carboxylic acids is 1. The Hall–Kier alpha value is -1.72. The Morgan fingerprint density at radius 3 is 3.06 bits per heavy atom. The number of fused-ring (bicyclic) bond motifs is 1. The number of ether oxygens (including phenoxy) is 1. The van der Waals surface area contributed by atoms with E-state index in [4.69, 9.17) is 9.26 Å². The van der Waals surface area contributed by atoms with Crippen LogP contribution in [-0.2, 0) is 17.7 Å². The van der Waals surface area contributed by atoms with E-state index in [2.05, 4.69) is 15.8 Å². The number of anilines is 1. The van der Waals surface area contributed by atoms with Gasteiger partial charge in [-0.2, -0.15) is 0 Å². The number of rotatable bonds is 2. The minimum atomic E-state index is -0.491. The molecule has 0 radical (unpaired) electrons. The SMILES string of the molecule is CC(C)(C)OC(=O)NCc1noc2c1CCCN2. The summed E-state index contributed by atoms with van der Waals surface area (Å²) < 4.78 is 10.3. The van der Waals surface area contributed by atoms with Crippen LogP contribution in [0.5, 0.6) is 0 Å². The van der Waals surface area contributed by atoms with Gasteiger partial charge in [-0.3, -0.25) is 0 Å². The lowest BCUT2D eigenvalue weighted by Crippen LogP contribution is -2.32. The Balaban J connectivity index is 1.91. The lowest BCUT2D eigenvalue weighted by atomic mass is 10.1. The van der Waals surface area contributed by atoms with Crippen LogP contribution in [0.25, 0.3) is 0 Å². The van der Waals surface area contributed by atoms with E-state index in [0.29, 0.717) is 6.54 Å². The van der Waals surface area contributed by atoms with Crippen molar-refractivity contribution in [3.63, 3.8) is 0 Å². The molecule has 0 saturated carbocycles. The van der Waals surface area contributed by atoms with Crippen molar-refractivity contribution in [1.29, 1.82) is 0 Å². The van der Waals surface area contributed by atoms with Gasteiger partial charge in [0.2, 0.25) is 5.88 Å². The number of nitrogens with one attached hydrogen (secondary N) is 2. The fraction of sp³-hybridized carbons (Fsp3) is 0.667. The summed E-state index contributed by atoms with van der Waals surface area (Å²) in [6.07, 6.45) is 1.54. The van der Waals surface area contributed by atoms with Gasteiger partial charge in [0, 0.05) is 12.1 Å². The van der Waals surface area contributed by atoms with Crippen molar-refractivity contribution in [1.82, 2.24) is 10.5 Å². The van der Waals surface area contributed by atoms with Crippen LogP contribution in [0.4, 0.5) is 10.7 Å². The first-order valence-corrected chi connectivity index (χ1v) is 6.14. The molecule has 0 atom stereocenters. The van der Waals surface area contributed by atoms with E-state index in [0.717, 1.165) is 36.5 Å². The van der Waals surface area contributed by atoms with Crippen molar-refractivity contribution in [2.75, 3.05) is 11.9 Å². The van der Waals surface area contributed by atoms with Crippen LogP contribution in [0.15, 0.2) is 4.52 Å². The monoisotopic (exact) mass is 253 g/mol. The molecule has 0 spiro atoms. The summed E-state index contributed by atoms with van der Waals surface area (Å²) >= 11 is 0. The van der Waals surface area contributed by atoms with E-state index in [-0.39, 0.29) is 0 Å². The van der Waals surface area contributed by atoms with Gasteiger partial charge in [-0.1, -0.05) is 5.16 Å². The zero-order valence-electron chi connectivity index (χ0n) is 11.0. The highest BCUT2D eigenvalue weighted by Crippen LogP contribution is 2.24. The Labute approximate surface area is 106 Å². The number of carbonyl (C=O) groups is 1. The van der Waals surface area contributed by atoms with E-state index < -0.39 is 11.7 Å². The van der Waals surface area contributed by atoms with Gasteiger partial charge < -0.3 is 19.9 Å². The van der Waals surface area contributed by atoms with Gasteiger partial charge in [0.1, 0.15) is 11.3 Å². The zero-order valence-corrected chi connectivity index (χ0v) is 11.0. The second kappa shape index (κ2) is 4.88. The van der Waals surface area contributed by atoms with Crippen molar-refractivity contribution in [3.05, 3.63) is 11.3 Å². The summed E-state index contributed by atoms with van der Waals surface area (Å²) in [6, 6.07) is 0. The third-order valence-corrected chi connectivity index (χ3v) is 2.56. The first-order valence-electron chi connectivity index (χ1n) is 6.14. The number of hydrogen-bond acceptors (Lipinski definition) is 5. The molecular weight excluding hydrogens is 234 g/mol. The first-order chi connectivity index (χ1) is 8.46. The average Bonchev–Trinajstić information content (AvgIpc) is 2.67. The fourth-order valence-corrected chi connectivity index (χ4v) is 1.81. The van der Waals surface area contributed by atoms with Crippen molar-refractivity contribution in [3.8, 4) is 0 Å². The maximum atomic E-state index is 11.5. The van der Waals surface area contributed by atoms with Gasteiger partial charge in [0.05, 0.1) is 6.54 Å². The Kier molecular flexibility index (Phi) is 3.45. The normalized spacial score (nSPS) is 14.6. The molecular formula is C12H19N3O3. The molecule has 0 fully saturated rings. The van der Waals surface area contributed by atoms with Crippen LogP contribution < -0.4 is 10.6 Å². The molecule has 1 amide bonds. The largest absolute Gasteiger partial charge is 0.444 e. The zero-order chi connectivity index (χ0) is 13.2. The van der Waals surface area contributed by atoms with Gasteiger partial charge in [-0.25, -0.2) is 4.79 Å². The van der Waals surface area contributed by atoms with Gasteiger partial charge in [0.25, 0.3) is 0 Å². The van der Waals surface area contributed by atoms with E-state index >= 15 is 0 Å². The number of hydrogen-bond donors (Lipinski definition) is 2. The highest BCUT2D eigenvalue weighted by Gasteiger charge is 2.20. The molecule has 0 unspecified atom stereocenters. The van der Waals surface area contributed by atoms with Gasteiger partial charge in [0.15, 0.2) is 0 Å². The molecule has 0 saturated heterocycles. The predicted octanol–water partition coefficient (Wildman–Crippen LogP) is 2.06. The van der Waals surface area contributed by atoms with Gasteiger partial charge in [-0.05, 0) is 33.6 Å². The van der Waals surface area contributed by atoms with Crippen molar-refractivity contribution >= 4 is 12.0 Å². The van der Waals surface area contributed by atoms with Gasteiger partial charge >= 0.3 is 6.09 Å². The smallest absolute Gasteiger partial charge is 0.407 e. The molecule has 6 nitrogen and oxygen atoms in total. The molecule has 0 aliphatic carbocycles. The molecule has 1 aromatic heterocycles. The average molecular weight is 253 g/mol. The van der Waals surface area contributed by atoms with Crippen LogP contribution in [0.2, 0.25) is 0 Å². The molecule has 2 heterocycles. The number of alkyl carbamates (subject to hydrolysis) is 1. The standard InChI is InChI=1S/C12H19N3O3/c1-12(2,3)17-11(16)14-7-9-8-5-4-6-13-10(8)18-15-9/h13H,4-7H2,1-3H3,(H,14,16). The summed E-state index contributed by atoms with van der Waals surface area (Å²) in [5.74, 6) is 0.724. The van der Waals surface area contributed by atoms with Crippen molar-refractivity contribution < 1.29 is 14.1 Å². The summed E-state index contributed by atoms with van der Waals surface area (Å²) in [6.45, 7) is 6.72. The van der Waals surface area contributed by atoms with Crippen LogP contribution in [0, 0.1) is 0 Å². The van der Waals surface area contributed by atoms with E-state index in [1.54, 1.807) is 0 Å². The Morgan fingerprint density at radius 1 is 1.56 bits per heavy atom. The van der Waals surface area contributed by atoms with Gasteiger partial charge in [-0.15, -0.1) is 0 Å². The minimum absolute atomic E-state index is 0.329. The second-order valence-electron chi connectivity index (χ2n) is 5.32. The lowest BCUT2D eigenvalue weighted by Gasteiger charge is -2.19. The molecule has 2 N–H and O–H groups in total. The Bertz CT molecular complexity index is 434. The summed E-state index contributed by atoms with van der Waals surface area (Å²) in [5, 5.41) is 9.77. The molecule has 1 aliphatic rings. The molecule has 2 rings (SSSR count). The van der Waals surface area contributed by atoms with Crippen LogP contribution in [0.1, 0.15) is 38.4 Å². The highest BCUT2D eigenvalue weighted by atomic mass is 16.6. The van der Waals surface area contributed by atoms with Crippen molar-refractivity contribution in [2.45, 2.75) is 45.8 Å². The maximum absolute atomic E-state index is 11.5. The predicted molar refractivity (Wildman–Crippen MR) is 66.4 cm³/mol. The van der Waals surface area contributed by atoms with Crippen LogP contribution in [-0.4, -0.2) is 23.4 Å². The molecule has 6 heteroatoms. The summed E-state index contributed by atoms with van der Waals surface area (Å²) in [4.78, 5) is 11.5. The number of amides is 1. The molecule has 18 heavy (non-hydrogen) atoms. The minimum Gasteiger partial charge on any atom is -0.444 e. The number of nitrogens with zero attached hydrogens (tertiary/aromatic N) is 1. The van der Waals surface area contributed by atoms with Crippen LogP contribution in [0.3, 0.4) is 0 Å². The van der Waals surface area contributed by atoms with Crippen LogP contribution >= 0.6 is 0 Å². The molecule has 0 bridgehead atoms. The summed E-state index contributed by atoms with van der Waals surface area (Å²) in [5.41, 5.74) is 1.33. The van der Waals surface area contributed by atoms with E-state index in [1.165, 1.54) is 0 Å². The molecule has 0 aromatic carbocycles. The lowest BCUT2D eigenvalue weighted by molar-refractivity contribution is 0.0522. The van der Waals surface area contributed by atoms with E-state index in [9.17, 15) is 4.79 Å². The van der Waals surface area contributed by atoms with E-state index in [1.807, 2.05) is 20.8 Å². The molecule has 1 aromatic rings. The number of aromatic nitrogens is 1. The fourth-order valence-electron chi connectivity index (χ4n) is 1.81. The third-order valence-electron chi connectivity index (χ3n) is 2.56. The topological polar surface area (TPSA) is 76.4 Å². The summed E-state index contributed by atoms with van der Waals surface area (Å²) in [7, 11) is 0. The maximum Gasteiger partial charge on any atom is 0.407 e. The quantitative estimate of drug-likeness (QED) is 0.843. The third kappa shape index (κ3) is 3.15. The first kappa shape index (κ1) is 12.7.